The van der Waals surface area contributed by atoms with Crippen molar-refractivity contribution in [3.63, 3.8) is 0 Å². The van der Waals surface area contributed by atoms with Crippen molar-refractivity contribution in [1.82, 2.24) is 15.1 Å². The maximum atomic E-state index is 12.9. The van der Waals surface area contributed by atoms with Crippen LogP contribution < -0.4 is 10.6 Å². The zero-order valence-corrected chi connectivity index (χ0v) is 19.1. The number of para-hydroxylation sites is 1. The number of nitrogens with one attached hydrogen (secondary N) is 2. The molecule has 2 N–H and O–H groups in total. The van der Waals surface area contributed by atoms with Gasteiger partial charge in [-0.2, -0.15) is 0 Å². The first-order chi connectivity index (χ1) is 15.3. The van der Waals surface area contributed by atoms with Crippen LogP contribution in [-0.2, 0) is 14.4 Å². The minimum atomic E-state index is -0.345. The summed E-state index contributed by atoms with van der Waals surface area (Å²) in [4.78, 5) is 40.9. The summed E-state index contributed by atoms with van der Waals surface area (Å²) in [5, 5.41) is 5.90. The summed E-state index contributed by atoms with van der Waals surface area (Å²) in [6.45, 7) is 8.14. The molecule has 0 radical (unpaired) electrons. The van der Waals surface area contributed by atoms with Crippen molar-refractivity contribution >= 4 is 23.4 Å². The number of benzene rings is 2. The number of carbonyl (C=O) groups is 3. The van der Waals surface area contributed by atoms with E-state index in [2.05, 4.69) is 15.5 Å². The fourth-order valence-electron chi connectivity index (χ4n) is 4.04. The van der Waals surface area contributed by atoms with Crippen molar-refractivity contribution in [1.29, 1.82) is 0 Å². The van der Waals surface area contributed by atoms with Crippen molar-refractivity contribution in [2.24, 2.45) is 0 Å². The van der Waals surface area contributed by atoms with Crippen LogP contribution in [0.4, 0.5) is 5.69 Å². The van der Waals surface area contributed by atoms with E-state index in [-0.39, 0.29) is 30.2 Å². The summed E-state index contributed by atoms with van der Waals surface area (Å²) < 4.78 is 0. The lowest BCUT2D eigenvalue weighted by atomic mass is 10.0. The van der Waals surface area contributed by atoms with Gasteiger partial charge in [-0.3, -0.25) is 19.3 Å². The van der Waals surface area contributed by atoms with E-state index in [4.69, 9.17) is 0 Å². The van der Waals surface area contributed by atoms with Gasteiger partial charge in [0.2, 0.25) is 17.7 Å². The summed E-state index contributed by atoms with van der Waals surface area (Å²) in [6, 6.07) is 15.1. The Morgan fingerprint density at radius 2 is 1.53 bits per heavy atom. The van der Waals surface area contributed by atoms with E-state index in [1.54, 1.807) is 0 Å². The Kier molecular flexibility index (Phi) is 8.00. The lowest BCUT2D eigenvalue weighted by molar-refractivity contribution is -0.133. The molecule has 1 unspecified atom stereocenters. The van der Waals surface area contributed by atoms with Crippen molar-refractivity contribution in [3.8, 4) is 0 Å². The van der Waals surface area contributed by atoms with Crippen LogP contribution in [0.2, 0.25) is 0 Å². The molecule has 1 atom stereocenters. The van der Waals surface area contributed by atoms with Gasteiger partial charge >= 0.3 is 0 Å². The highest BCUT2D eigenvalue weighted by Gasteiger charge is 2.25. The molecule has 0 aromatic heterocycles. The third kappa shape index (κ3) is 6.40. The monoisotopic (exact) mass is 436 g/mol. The molecule has 32 heavy (non-hydrogen) atoms. The molecule has 0 aliphatic carbocycles. The van der Waals surface area contributed by atoms with E-state index in [9.17, 15) is 14.4 Å². The van der Waals surface area contributed by atoms with E-state index in [1.807, 2.05) is 67.3 Å². The molecule has 2 aromatic carbocycles. The molecule has 1 heterocycles. The molecule has 1 saturated heterocycles. The van der Waals surface area contributed by atoms with Gasteiger partial charge in [-0.25, -0.2) is 0 Å². The second kappa shape index (κ2) is 10.9. The van der Waals surface area contributed by atoms with Crippen LogP contribution >= 0.6 is 0 Å². The average molecular weight is 437 g/mol. The Morgan fingerprint density at radius 3 is 2.12 bits per heavy atom. The number of nitrogens with zero attached hydrogens (tertiary/aromatic N) is 2. The summed E-state index contributed by atoms with van der Waals surface area (Å²) in [5.41, 5.74) is 3.87. The quantitative estimate of drug-likeness (QED) is 0.699. The molecule has 1 aliphatic rings. The number of aryl methyl sites for hydroxylation is 2. The third-order valence-corrected chi connectivity index (χ3v) is 5.80. The van der Waals surface area contributed by atoms with E-state index in [0.717, 1.165) is 22.4 Å². The first kappa shape index (κ1) is 23.5. The fourth-order valence-corrected chi connectivity index (χ4v) is 4.04. The number of anilines is 1. The average Bonchev–Trinajstić information content (AvgIpc) is 2.77. The Bertz CT molecular complexity index is 933. The van der Waals surface area contributed by atoms with Gasteiger partial charge in [-0.1, -0.05) is 48.5 Å². The van der Waals surface area contributed by atoms with E-state index >= 15 is 0 Å². The van der Waals surface area contributed by atoms with E-state index in [1.165, 1.54) is 6.92 Å². The first-order valence-corrected chi connectivity index (χ1v) is 11.0. The molecule has 1 aliphatic heterocycles. The van der Waals surface area contributed by atoms with Crippen molar-refractivity contribution in [2.45, 2.75) is 33.2 Å². The van der Waals surface area contributed by atoms with Crippen LogP contribution in [0.15, 0.2) is 48.5 Å². The number of hydrogen-bond donors (Lipinski definition) is 2. The van der Waals surface area contributed by atoms with Crippen molar-refractivity contribution < 1.29 is 14.4 Å². The fraction of sp³-hybridized carbons (Fsp3) is 0.400. The topological polar surface area (TPSA) is 81.8 Å². The normalized spacial score (nSPS) is 15.2. The predicted molar refractivity (Wildman–Crippen MR) is 125 cm³/mol. The summed E-state index contributed by atoms with van der Waals surface area (Å²) in [6.07, 6.45) is 0.219. The van der Waals surface area contributed by atoms with Crippen LogP contribution in [0, 0.1) is 13.8 Å². The number of hydrogen-bond acceptors (Lipinski definition) is 4. The zero-order chi connectivity index (χ0) is 23.1. The number of amides is 3. The van der Waals surface area contributed by atoms with Gasteiger partial charge in [0.15, 0.2) is 0 Å². The molecule has 0 bridgehead atoms. The lowest BCUT2D eigenvalue weighted by Crippen LogP contribution is -2.51. The van der Waals surface area contributed by atoms with Crippen LogP contribution in [-0.4, -0.2) is 60.2 Å². The molecule has 2 aromatic rings. The van der Waals surface area contributed by atoms with Gasteiger partial charge in [0, 0.05) is 38.8 Å². The highest BCUT2D eigenvalue weighted by Crippen LogP contribution is 2.20. The Morgan fingerprint density at radius 1 is 0.906 bits per heavy atom. The van der Waals surface area contributed by atoms with Gasteiger partial charge in [0.25, 0.3) is 0 Å². The van der Waals surface area contributed by atoms with E-state index in [0.29, 0.717) is 32.7 Å². The van der Waals surface area contributed by atoms with Gasteiger partial charge in [0.05, 0.1) is 19.0 Å². The second-order valence-electron chi connectivity index (χ2n) is 8.34. The number of piperazine rings is 1. The third-order valence-electron chi connectivity index (χ3n) is 5.80. The Balaban J connectivity index is 1.50. The largest absolute Gasteiger partial charge is 0.349 e. The van der Waals surface area contributed by atoms with Gasteiger partial charge < -0.3 is 15.5 Å². The second-order valence-corrected chi connectivity index (χ2v) is 8.34. The molecule has 0 saturated carbocycles. The SMILES string of the molecule is CC(=O)NC(CC(=O)N1CCN(CC(=O)Nc2c(C)cccc2C)CC1)c1ccccc1. The Hall–Kier alpha value is -3.19. The molecular formula is C25H32N4O3. The van der Waals surface area contributed by atoms with Gasteiger partial charge in [-0.05, 0) is 30.5 Å². The maximum absolute atomic E-state index is 12.9. The molecule has 3 amide bonds. The summed E-state index contributed by atoms with van der Waals surface area (Å²) in [5.74, 6) is -0.199. The van der Waals surface area contributed by atoms with Crippen LogP contribution in [0.25, 0.3) is 0 Å². The predicted octanol–water partition coefficient (Wildman–Crippen LogP) is 2.65. The zero-order valence-electron chi connectivity index (χ0n) is 19.1. The highest BCUT2D eigenvalue weighted by molar-refractivity contribution is 5.93. The molecule has 0 spiro atoms. The number of carbonyl (C=O) groups excluding carboxylic acids is 3. The lowest BCUT2D eigenvalue weighted by Gasteiger charge is -2.35. The van der Waals surface area contributed by atoms with Crippen LogP contribution in [0.3, 0.4) is 0 Å². The minimum absolute atomic E-state index is 0.00670. The first-order valence-electron chi connectivity index (χ1n) is 11.0. The summed E-state index contributed by atoms with van der Waals surface area (Å²) in [7, 11) is 0. The minimum Gasteiger partial charge on any atom is -0.349 e. The van der Waals surface area contributed by atoms with Gasteiger partial charge in [-0.15, -0.1) is 0 Å². The smallest absolute Gasteiger partial charge is 0.238 e. The van der Waals surface area contributed by atoms with Gasteiger partial charge in [0.1, 0.15) is 0 Å². The van der Waals surface area contributed by atoms with Crippen molar-refractivity contribution in [3.05, 3.63) is 65.2 Å². The molecule has 170 valence electrons. The molecule has 3 rings (SSSR count). The van der Waals surface area contributed by atoms with Crippen LogP contribution in [0.1, 0.15) is 36.1 Å². The maximum Gasteiger partial charge on any atom is 0.238 e. The standard InChI is InChI=1S/C25H32N4O3/c1-18-8-7-9-19(2)25(18)27-23(31)17-28-12-14-29(15-13-28)24(32)16-22(26-20(3)30)21-10-5-4-6-11-21/h4-11,22H,12-17H2,1-3H3,(H,26,30)(H,27,31). The molecule has 7 heteroatoms. The molecular weight excluding hydrogens is 404 g/mol. The molecule has 7 nitrogen and oxygen atoms in total. The highest BCUT2D eigenvalue weighted by atomic mass is 16.2. The van der Waals surface area contributed by atoms with E-state index < -0.39 is 0 Å². The number of rotatable bonds is 7. The molecule has 1 fully saturated rings. The summed E-state index contributed by atoms with van der Waals surface area (Å²) >= 11 is 0. The van der Waals surface area contributed by atoms with Crippen molar-refractivity contribution in [2.75, 3.05) is 38.0 Å². The van der Waals surface area contributed by atoms with Crippen LogP contribution in [0.5, 0.6) is 0 Å². The Labute approximate surface area is 189 Å².